The quantitative estimate of drug-likeness (QED) is 0.811. The molecule has 120 valence electrons. The summed E-state index contributed by atoms with van der Waals surface area (Å²) >= 11 is 0. The molecule has 1 aromatic rings. The van der Waals surface area contributed by atoms with Crippen molar-refractivity contribution in [2.45, 2.75) is 20.4 Å². The third-order valence-electron chi connectivity index (χ3n) is 3.15. The van der Waals surface area contributed by atoms with Crippen LogP contribution in [-0.2, 0) is 21.5 Å². The number of nitrogens with zero attached hydrogens (tertiary/aromatic N) is 1. The van der Waals surface area contributed by atoms with E-state index in [2.05, 4.69) is 5.32 Å². The number of carbonyl (C=O) groups is 2. The van der Waals surface area contributed by atoms with Crippen molar-refractivity contribution in [1.82, 2.24) is 14.3 Å². The fourth-order valence-corrected chi connectivity index (χ4v) is 3.08. The van der Waals surface area contributed by atoms with Crippen molar-refractivity contribution in [2.75, 3.05) is 13.1 Å². The highest BCUT2D eigenvalue weighted by atomic mass is 32.2. The predicted molar refractivity (Wildman–Crippen MR) is 81.1 cm³/mol. The van der Waals surface area contributed by atoms with Gasteiger partial charge in [-0.25, -0.2) is 4.72 Å². The van der Waals surface area contributed by atoms with Crippen LogP contribution in [0.4, 0.5) is 0 Å². The molecule has 0 radical (unpaired) electrons. The molecule has 22 heavy (non-hydrogen) atoms. The Morgan fingerprint density at radius 3 is 2.45 bits per heavy atom. The number of rotatable bonds is 5. The van der Waals surface area contributed by atoms with Crippen LogP contribution in [0.15, 0.2) is 24.3 Å². The molecule has 8 heteroatoms. The van der Waals surface area contributed by atoms with Crippen LogP contribution in [0.25, 0.3) is 0 Å². The zero-order valence-electron chi connectivity index (χ0n) is 12.5. The fourth-order valence-electron chi connectivity index (χ4n) is 1.99. The van der Waals surface area contributed by atoms with E-state index in [1.165, 1.54) is 0 Å². The van der Waals surface area contributed by atoms with E-state index in [0.717, 1.165) is 4.31 Å². The van der Waals surface area contributed by atoms with Crippen LogP contribution in [0.3, 0.4) is 0 Å². The maximum atomic E-state index is 11.9. The fraction of sp³-hybridized carbons (Fsp3) is 0.429. The first-order chi connectivity index (χ1) is 10.3. The van der Waals surface area contributed by atoms with Gasteiger partial charge in [0, 0.05) is 18.7 Å². The molecule has 0 saturated carbocycles. The van der Waals surface area contributed by atoms with Gasteiger partial charge < -0.3 is 5.32 Å². The van der Waals surface area contributed by atoms with Crippen LogP contribution in [0.5, 0.6) is 0 Å². The minimum atomic E-state index is -3.72. The zero-order valence-corrected chi connectivity index (χ0v) is 13.3. The summed E-state index contributed by atoms with van der Waals surface area (Å²) in [7, 11) is -3.72. The van der Waals surface area contributed by atoms with E-state index in [0.29, 0.717) is 23.6 Å². The highest BCUT2D eigenvalue weighted by Crippen LogP contribution is 2.13. The molecular formula is C14H19N3O4S. The predicted octanol–water partition coefficient (Wildman–Crippen LogP) is 0.249. The highest BCUT2D eigenvalue weighted by Gasteiger charge is 2.33. The minimum absolute atomic E-state index is 0.0922. The molecule has 0 aromatic heterocycles. The average Bonchev–Trinajstić information content (AvgIpc) is 2.69. The Balaban J connectivity index is 2.00. The molecule has 1 heterocycles. The molecule has 1 fully saturated rings. The first-order valence-corrected chi connectivity index (χ1v) is 8.40. The summed E-state index contributed by atoms with van der Waals surface area (Å²) in [6.07, 6.45) is 0. The van der Waals surface area contributed by atoms with Gasteiger partial charge >= 0.3 is 10.2 Å². The smallest absolute Gasteiger partial charge is 0.304 e. The Morgan fingerprint density at radius 1 is 1.32 bits per heavy atom. The SMILES string of the molecule is CC(C)CNC(=O)c1ccc(CN2CC(=O)NS2(=O)=O)cc1. The summed E-state index contributed by atoms with van der Waals surface area (Å²) in [5, 5.41) is 2.81. The van der Waals surface area contributed by atoms with Gasteiger partial charge in [-0.3, -0.25) is 9.59 Å². The van der Waals surface area contributed by atoms with Gasteiger partial charge in [-0.15, -0.1) is 0 Å². The first kappa shape index (κ1) is 16.4. The summed E-state index contributed by atoms with van der Waals surface area (Å²) in [6.45, 7) is 4.53. The Kier molecular flexibility index (Phi) is 4.82. The van der Waals surface area contributed by atoms with Crippen LogP contribution in [0.1, 0.15) is 29.8 Å². The van der Waals surface area contributed by atoms with Crippen molar-refractivity contribution in [1.29, 1.82) is 0 Å². The Bertz CT molecular complexity index is 668. The lowest BCUT2D eigenvalue weighted by Crippen LogP contribution is -2.29. The van der Waals surface area contributed by atoms with Crippen molar-refractivity contribution >= 4 is 22.0 Å². The molecule has 2 amide bonds. The lowest BCUT2D eigenvalue weighted by molar-refractivity contribution is -0.118. The van der Waals surface area contributed by atoms with Crippen molar-refractivity contribution in [2.24, 2.45) is 5.92 Å². The van der Waals surface area contributed by atoms with Gasteiger partial charge in [0.2, 0.25) is 5.91 Å². The zero-order chi connectivity index (χ0) is 16.3. The molecule has 0 unspecified atom stereocenters. The van der Waals surface area contributed by atoms with Gasteiger partial charge in [-0.1, -0.05) is 26.0 Å². The number of hydrogen-bond acceptors (Lipinski definition) is 4. The van der Waals surface area contributed by atoms with Gasteiger partial charge in [0.05, 0.1) is 6.54 Å². The second-order valence-electron chi connectivity index (χ2n) is 5.60. The molecular weight excluding hydrogens is 306 g/mol. The minimum Gasteiger partial charge on any atom is -0.352 e. The van der Waals surface area contributed by atoms with Crippen LogP contribution in [-0.4, -0.2) is 37.6 Å². The van der Waals surface area contributed by atoms with Gasteiger partial charge in [-0.05, 0) is 23.6 Å². The maximum Gasteiger partial charge on any atom is 0.304 e. The molecule has 1 saturated heterocycles. The topological polar surface area (TPSA) is 95.6 Å². The van der Waals surface area contributed by atoms with E-state index < -0.39 is 16.1 Å². The van der Waals surface area contributed by atoms with Gasteiger partial charge in [0.1, 0.15) is 0 Å². The highest BCUT2D eigenvalue weighted by molar-refractivity contribution is 7.88. The largest absolute Gasteiger partial charge is 0.352 e. The monoisotopic (exact) mass is 325 g/mol. The van der Waals surface area contributed by atoms with Crippen molar-refractivity contribution < 1.29 is 18.0 Å². The van der Waals surface area contributed by atoms with Crippen molar-refractivity contribution in [3.05, 3.63) is 35.4 Å². The number of carbonyl (C=O) groups excluding carboxylic acids is 2. The average molecular weight is 325 g/mol. The molecule has 0 atom stereocenters. The molecule has 0 spiro atoms. The lowest BCUT2D eigenvalue weighted by Gasteiger charge is -2.12. The molecule has 0 aliphatic carbocycles. The van der Waals surface area contributed by atoms with E-state index in [1.54, 1.807) is 24.3 Å². The Hall–Kier alpha value is -1.93. The number of amides is 2. The van der Waals surface area contributed by atoms with Gasteiger partial charge in [-0.2, -0.15) is 12.7 Å². The van der Waals surface area contributed by atoms with Crippen LogP contribution in [0.2, 0.25) is 0 Å². The number of hydrogen-bond donors (Lipinski definition) is 2. The molecule has 0 bridgehead atoms. The first-order valence-electron chi connectivity index (χ1n) is 6.96. The summed E-state index contributed by atoms with van der Waals surface area (Å²) in [5.41, 5.74) is 1.23. The third-order valence-corrected chi connectivity index (χ3v) is 4.57. The van der Waals surface area contributed by atoms with Gasteiger partial charge in [0.15, 0.2) is 0 Å². The standard InChI is InChI=1S/C14H19N3O4S/c1-10(2)7-15-14(19)12-5-3-11(4-6-12)8-17-9-13(18)16-22(17,20)21/h3-6,10H,7-9H2,1-2H3,(H,15,19)(H,16,18). The lowest BCUT2D eigenvalue weighted by atomic mass is 10.1. The second kappa shape index (κ2) is 6.45. The normalized spacial score (nSPS) is 17.5. The Labute approximate surface area is 129 Å². The van der Waals surface area contributed by atoms with Crippen LogP contribution >= 0.6 is 0 Å². The van der Waals surface area contributed by atoms with E-state index in [4.69, 9.17) is 0 Å². The molecule has 2 N–H and O–H groups in total. The third kappa shape index (κ3) is 4.05. The summed E-state index contributed by atoms with van der Waals surface area (Å²) in [4.78, 5) is 23.0. The van der Waals surface area contributed by atoms with Crippen LogP contribution in [0, 0.1) is 5.92 Å². The summed E-state index contributed by atoms with van der Waals surface area (Å²) in [6, 6.07) is 6.65. The Morgan fingerprint density at radius 2 is 1.95 bits per heavy atom. The van der Waals surface area contributed by atoms with E-state index in [1.807, 2.05) is 18.6 Å². The van der Waals surface area contributed by atoms with E-state index in [-0.39, 0.29) is 19.0 Å². The molecule has 1 aromatic carbocycles. The molecule has 7 nitrogen and oxygen atoms in total. The van der Waals surface area contributed by atoms with Crippen LogP contribution < -0.4 is 10.0 Å². The second-order valence-corrected chi connectivity index (χ2v) is 7.27. The van der Waals surface area contributed by atoms with Crippen molar-refractivity contribution in [3.8, 4) is 0 Å². The van der Waals surface area contributed by atoms with E-state index in [9.17, 15) is 18.0 Å². The molecule has 2 rings (SSSR count). The number of nitrogens with one attached hydrogen (secondary N) is 2. The summed E-state index contributed by atoms with van der Waals surface area (Å²) in [5.74, 6) is -0.329. The summed E-state index contributed by atoms with van der Waals surface area (Å²) < 4.78 is 26.2. The van der Waals surface area contributed by atoms with Crippen molar-refractivity contribution in [3.63, 3.8) is 0 Å². The molecule has 1 aliphatic rings. The van der Waals surface area contributed by atoms with E-state index >= 15 is 0 Å². The molecule has 1 aliphatic heterocycles. The maximum absolute atomic E-state index is 11.9. The van der Waals surface area contributed by atoms with Gasteiger partial charge in [0.25, 0.3) is 5.91 Å². The number of benzene rings is 1.